The molecule has 4 nitrogen and oxygen atoms in total. The van der Waals surface area contributed by atoms with Crippen molar-refractivity contribution in [3.8, 4) is 11.5 Å². The second kappa shape index (κ2) is 6.39. The van der Waals surface area contributed by atoms with Crippen LogP contribution in [0.15, 0.2) is 30.3 Å². The molecule has 0 spiro atoms. The molecule has 0 bridgehead atoms. The number of hydrogen-bond acceptors (Lipinski definition) is 4. The molecule has 0 atom stereocenters. The Hall–Kier alpha value is -2.15. The molecule has 8 heteroatoms. The van der Waals surface area contributed by atoms with Gasteiger partial charge in [-0.3, -0.25) is 0 Å². The zero-order valence-corrected chi connectivity index (χ0v) is 14.0. The molecule has 0 unspecified atom stereocenters. The Morgan fingerprint density at radius 1 is 1.08 bits per heavy atom. The van der Waals surface area contributed by atoms with Gasteiger partial charge in [-0.25, -0.2) is 4.98 Å². The number of rotatable bonds is 4. The largest absolute Gasteiger partial charge is 0.573 e. The van der Waals surface area contributed by atoms with Crippen LogP contribution >= 0.6 is 11.6 Å². The van der Waals surface area contributed by atoms with Crippen molar-refractivity contribution < 1.29 is 22.6 Å². The summed E-state index contributed by atoms with van der Waals surface area (Å²) in [7, 11) is 1.36. The van der Waals surface area contributed by atoms with Gasteiger partial charge in [0.05, 0.1) is 17.8 Å². The maximum absolute atomic E-state index is 12.5. The van der Waals surface area contributed by atoms with Crippen LogP contribution in [0.3, 0.4) is 0 Å². The highest BCUT2D eigenvalue weighted by Gasteiger charge is 2.33. The molecule has 0 fully saturated rings. The number of methoxy groups -OCH3 is 1. The molecular weight excluding hydrogens is 345 g/mol. The SMILES string of the molecule is COc1cc(OC(F)(F)F)cc(C(C)(C)c2ccc(Cl)c(N)n2)c1. The van der Waals surface area contributed by atoms with Crippen molar-refractivity contribution in [2.45, 2.75) is 25.6 Å². The van der Waals surface area contributed by atoms with Gasteiger partial charge in [0.15, 0.2) is 0 Å². The molecule has 1 aromatic carbocycles. The lowest BCUT2D eigenvalue weighted by molar-refractivity contribution is -0.274. The summed E-state index contributed by atoms with van der Waals surface area (Å²) >= 11 is 5.87. The van der Waals surface area contributed by atoms with E-state index in [2.05, 4.69) is 9.72 Å². The molecular formula is C16H16ClF3N2O2. The first kappa shape index (κ1) is 18.2. The Balaban J connectivity index is 2.51. The number of nitrogens with two attached hydrogens (primary N) is 1. The molecule has 0 saturated heterocycles. The van der Waals surface area contributed by atoms with Crippen molar-refractivity contribution in [2.75, 3.05) is 12.8 Å². The van der Waals surface area contributed by atoms with Crippen LogP contribution in [0.5, 0.6) is 11.5 Å². The number of benzene rings is 1. The van der Waals surface area contributed by atoms with Crippen LogP contribution < -0.4 is 15.2 Å². The quantitative estimate of drug-likeness (QED) is 0.869. The predicted molar refractivity (Wildman–Crippen MR) is 85.5 cm³/mol. The second-order valence-corrected chi connectivity index (χ2v) is 6.04. The fraction of sp³-hybridized carbons (Fsp3) is 0.312. The summed E-state index contributed by atoms with van der Waals surface area (Å²) in [5.74, 6) is 0.0190. The molecule has 0 radical (unpaired) electrons. The summed E-state index contributed by atoms with van der Waals surface area (Å²) in [5, 5.41) is 0.307. The highest BCUT2D eigenvalue weighted by Crippen LogP contribution is 2.37. The topological polar surface area (TPSA) is 57.4 Å². The first-order valence-electron chi connectivity index (χ1n) is 6.91. The normalized spacial score (nSPS) is 12.1. The summed E-state index contributed by atoms with van der Waals surface area (Å²) < 4.78 is 46.6. The Morgan fingerprint density at radius 3 is 2.25 bits per heavy atom. The number of nitrogens with zero attached hydrogens (tertiary/aromatic N) is 1. The molecule has 2 rings (SSSR count). The Labute approximate surface area is 142 Å². The molecule has 1 heterocycles. The lowest BCUT2D eigenvalue weighted by atomic mass is 9.81. The average molecular weight is 361 g/mol. The summed E-state index contributed by atoms with van der Waals surface area (Å²) in [6.45, 7) is 3.60. The number of pyridine rings is 1. The Kier molecular flexibility index (Phi) is 4.85. The highest BCUT2D eigenvalue weighted by molar-refractivity contribution is 6.32. The molecule has 0 amide bonds. The van der Waals surface area contributed by atoms with E-state index in [1.165, 1.54) is 13.2 Å². The van der Waals surface area contributed by atoms with Crippen LogP contribution in [-0.4, -0.2) is 18.5 Å². The van der Waals surface area contributed by atoms with Crippen molar-refractivity contribution in [2.24, 2.45) is 0 Å². The van der Waals surface area contributed by atoms with Crippen LogP contribution in [0.25, 0.3) is 0 Å². The fourth-order valence-corrected chi connectivity index (χ4v) is 2.30. The standard InChI is InChI=1S/C16H16ClF3N2O2/c1-15(2,13-5-4-12(17)14(21)22-13)9-6-10(23-3)8-11(7-9)24-16(18,19)20/h4-8H,1-3H3,(H2,21,22). The molecule has 2 N–H and O–H groups in total. The van der Waals surface area contributed by atoms with Gasteiger partial charge in [-0.1, -0.05) is 25.4 Å². The van der Waals surface area contributed by atoms with Gasteiger partial charge < -0.3 is 15.2 Å². The van der Waals surface area contributed by atoms with Crippen molar-refractivity contribution in [3.05, 3.63) is 46.6 Å². The van der Waals surface area contributed by atoms with Gasteiger partial charge in [0, 0.05) is 11.5 Å². The smallest absolute Gasteiger partial charge is 0.497 e. The highest BCUT2D eigenvalue weighted by atomic mass is 35.5. The van der Waals surface area contributed by atoms with Crippen molar-refractivity contribution in [1.29, 1.82) is 0 Å². The molecule has 0 aliphatic rings. The molecule has 1 aromatic heterocycles. The van der Waals surface area contributed by atoms with E-state index in [-0.39, 0.29) is 17.3 Å². The number of anilines is 1. The monoisotopic (exact) mass is 360 g/mol. The molecule has 0 aliphatic carbocycles. The summed E-state index contributed by atoms with van der Waals surface area (Å²) in [6.07, 6.45) is -4.79. The van der Waals surface area contributed by atoms with Gasteiger partial charge in [-0.2, -0.15) is 0 Å². The lowest BCUT2D eigenvalue weighted by Crippen LogP contribution is -2.22. The van der Waals surface area contributed by atoms with Gasteiger partial charge in [0.25, 0.3) is 0 Å². The molecule has 0 aliphatic heterocycles. The van der Waals surface area contributed by atoms with E-state index < -0.39 is 11.8 Å². The molecule has 0 saturated carbocycles. The first-order valence-corrected chi connectivity index (χ1v) is 7.28. The maximum atomic E-state index is 12.5. The number of alkyl halides is 3. The van der Waals surface area contributed by atoms with Crippen molar-refractivity contribution in [3.63, 3.8) is 0 Å². The van der Waals surface area contributed by atoms with Crippen LogP contribution in [0.1, 0.15) is 25.1 Å². The number of nitrogen functional groups attached to an aromatic ring is 1. The van der Waals surface area contributed by atoms with E-state index in [4.69, 9.17) is 22.1 Å². The van der Waals surface area contributed by atoms with E-state index in [1.54, 1.807) is 32.0 Å². The first-order chi connectivity index (χ1) is 11.0. The van der Waals surface area contributed by atoms with Gasteiger partial charge in [-0.05, 0) is 29.8 Å². The van der Waals surface area contributed by atoms with Crippen LogP contribution in [0.2, 0.25) is 5.02 Å². The lowest BCUT2D eigenvalue weighted by Gasteiger charge is -2.26. The number of hydrogen-bond donors (Lipinski definition) is 1. The zero-order chi connectivity index (χ0) is 18.1. The summed E-state index contributed by atoms with van der Waals surface area (Å²) in [5.41, 5.74) is 6.05. The predicted octanol–water partition coefficient (Wildman–Crippen LogP) is 4.55. The van der Waals surface area contributed by atoms with Gasteiger partial charge in [-0.15, -0.1) is 13.2 Å². The van der Waals surface area contributed by atoms with Crippen molar-refractivity contribution >= 4 is 17.4 Å². The number of aromatic nitrogens is 1. The van der Waals surface area contributed by atoms with Crippen molar-refractivity contribution in [1.82, 2.24) is 4.98 Å². The summed E-state index contributed by atoms with van der Waals surface area (Å²) in [6, 6.07) is 7.34. The zero-order valence-electron chi connectivity index (χ0n) is 13.2. The van der Waals surface area contributed by atoms with Gasteiger partial charge >= 0.3 is 6.36 Å². The van der Waals surface area contributed by atoms with E-state index in [0.29, 0.717) is 16.3 Å². The Morgan fingerprint density at radius 2 is 1.71 bits per heavy atom. The molecule has 24 heavy (non-hydrogen) atoms. The van der Waals surface area contributed by atoms with E-state index in [9.17, 15) is 13.2 Å². The number of ether oxygens (including phenoxy) is 2. The Bertz CT molecular complexity index is 749. The second-order valence-electron chi connectivity index (χ2n) is 5.63. The van der Waals surface area contributed by atoms with Crippen LogP contribution in [0.4, 0.5) is 19.0 Å². The maximum Gasteiger partial charge on any atom is 0.573 e. The minimum Gasteiger partial charge on any atom is -0.497 e. The van der Waals surface area contributed by atoms with E-state index in [0.717, 1.165) is 6.07 Å². The fourth-order valence-electron chi connectivity index (χ4n) is 2.20. The van der Waals surface area contributed by atoms with Gasteiger partial charge in [0.1, 0.15) is 17.3 Å². The molecule has 130 valence electrons. The third kappa shape index (κ3) is 4.03. The van der Waals surface area contributed by atoms with Gasteiger partial charge in [0.2, 0.25) is 0 Å². The van der Waals surface area contributed by atoms with Crippen LogP contribution in [0, 0.1) is 0 Å². The van der Waals surface area contributed by atoms with E-state index in [1.807, 2.05) is 0 Å². The van der Waals surface area contributed by atoms with E-state index >= 15 is 0 Å². The molecule has 2 aromatic rings. The third-order valence-electron chi connectivity index (χ3n) is 3.58. The minimum absolute atomic E-state index is 0.150. The van der Waals surface area contributed by atoms with Crippen LogP contribution in [-0.2, 0) is 5.41 Å². The summed E-state index contributed by atoms with van der Waals surface area (Å²) in [4.78, 5) is 4.22. The minimum atomic E-state index is -4.79. The third-order valence-corrected chi connectivity index (χ3v) is 3.90. The average Bonchev–Trinajstić information content (AvgIpc) is 2.47. The number of halogens is 4.